The quantitative estimate of drug-likeness (QED) is 0.617. The minimum absolute atomic E-state index is 0.469. The first-order valence-corrected chi connectivity index (χ1v) is 7.84. The number of hydrogen-bond donors (Lipinski definition) is 0. The van der Waals surface area contributed by atoms with Crippen molar-refractivity contribution in [3.63, 3.8) is 0 Å². The third kappa shape index (κ3) is 4.80. The van der Waals surface area contributed by atoms with Gasteiger partial charge in [-0.1, -0.05) is 0 Å². The van der Waals surface area contributed by atoms with Crippen LogP contribution in [0.1, 0.15) is 11.1 Å². The zero-order chi connectivity index (χ0) is 12.9. The molecule has 0 saturated heterocycles. The van der Waals surface area contributed by atoms with E-state index in [1.807, 2.05) is 0 Å². The summed E-state index contributed by atoms with van der Waals surface area (Å²) in [7, 11) is 0. The van der Waals surface area contributed by atoms with Gasteiger partial charge in [0.2, 0.25) is 0 Å². The van der Waals surface area contributed by atoms with Crippen molar-refractivity contribution in [3.05, 3.63) is 48.0 Å². The SMILES string of the molecule is C=CC(=O)[O][Sn][CH2]c1ccc(C(F)(F)F)cc1. The maximum atomic E-state index is 12.3. The van der Waals surface area contributed by atoms with Gasteiger partial charge in [0.25, 0.3) is 0 Å². The predicted octanol–water partition coefficient (Wildman–Crippen LogP) is 2.55. The summed E-state index contributed by atoms with van der Waals surface area (Å²) in [6.07, 6.45) is -3.23. The van der Waals surface area contributed by atoms with Gasteiger partial charge in [0.1, 0.15) is 0 Å². The van der Waals surface area contributed by atoms with Gasteiger partial charge in [-0.2, -0.15) is 0 Å². The van der Waals surface area contributed by atoms with Crippen molar-refractivity contribution in [2.75, 3.05) is 0 Å². The zero-order valence-corrected chi connectivity index (χ0v) is 11.6. The first-order valence-electron chi connectivity index (χ1n) is 4.65. The average Bonchev–Trinajstić information content (AvgIpc) is 2.28. The van der Waals surface area contributed by atoms with Crippen LogP contribution in [0.4, 0.5) is 13.2 Å². The molecule has 1 rings (SSSR count). The number of benzene rings is 1. The Morgan fingerprint density at radius 1 is 1.35 bits per heavy atom. The molecule has 0 heterocycles. The molecule has 6 heteroatoms. The zero-order valence-electron chi connectivity index (χ0n) is 8.75. The van der Waals surface area contributed by atoms with Gasteiger partial charge >= 0.3 is 107 Å². The van der Waals surface area contributed by atoms with Gasteiger partial charge < -0.3 is 0 Å². The Hall–Kier alpha value is -0.981. The fourth-order valence-electron chi connectivity index (χ4n) is 1.04. The molecule has 0 spiro atoms. The first kappa shape index (κ1) is 14.1. The Kier molecular flexibility index (Phi) is 5.04. The molecule has 0 aromatic heterocycles. The van der Waals surface area contributed by atoms with E-state index in [2.05, 4.69) is 6.58 Å². The van der Waals surface area contributed by atoms with E-state index >= 15 is 0 Å². The van der Waals surface area contributed by atoms with Gasteiger partial charge in [-0.3, -0.25) is 0 Å². The predicted molar refractivity (Wildman–Crippen MR) is 57.2 cm³/mol. The van der Waals surface area contributed by atoms with E-state index in [-0.39, 0.29) is 0 Å². The number of carbonyl (C=O) groups excluding carboxylic acids is 1. The summed E-state index contributed by atoms with van der Waals surface area (Å²) in [4.78, 5) is 10.7. The van der Waals surface area contributed by atoms with Crippen molar-refractivity contribution in [1.82, 2.24) is 0 Å². The summed E-state index contributed by atoms with van der Waals surface area (Å²) in [5.74, 6) is -0.469. The monoisotopic (exact) mass is 350 g/mol. The molecule has 90 valence electrons. The summed E-state index contributed by atoms with van der Waals surface area (Å²) in [5.41, 5.74) is 0.0798. The minimum atomic E-state index is -4.31. The molecule has 0 bridgehead atoms. The van der Waals surface area contributed by atoms with Crippen LogP contribution < -0.4 is 0 Å². The van der Waals surface area contributed by atoms with E-state index in [0.717, 1.165) is 23.8 Å². The van der Waals surface area contributed by atoms with Gasteiger partial charge in [0, 0.05) is 0 Å². The molecule has 0 aliphatic heterocycles. The molecule has 0 unspecified atom stereocenters. The molecule has 0 N–H and O–H groups in total. The summed E-state index contributed by atoms with van der Waals surface area (Å²) in [6.45, 7) is 3.25. The van der Waals surface area contributed by atoms with Crippen LogP contribution in [0.15, 0.2) is 36.9 Å². The van der Waals surface area contributed by atoms with E-state index < -0.39 is 39.3 Å². The Morgan fingerprint density at radius 2 is 1.94 bits per heavy atom. The van der Waals surface area contributed by atoms with E-state index in [0.29, 0.717) is 4.44 Å². The summed E-state index contributed by atoms with van der Waals surface area (Å²) in [6, 6.07) is 4.88. The van der Waals surface area contributed by atoms with Crippen LogP contribution in [0.2, 0.25) is 0 Å². The molecule has 0 atom stereocenters. The molecule has 0 saturated carbocycles. The molecule has 1 aromatic rings. The fraction of sp³-hybridized carbons (Fsp3) is 0.182. The van der Waals surface area contributed by atoms with Crippen molar-refractivity contribution in [2.24, 2.45) is 0 Å². The number of hydrogen-bond acceptors (Lipinski definition) is 2. The summed E-state index contributed by atoms with van der Waals surface area (Å²) < 4.78 is 42.2. The molecule has 0 fully saturated rings. The summed E-state index contributed by atoms with van der Waals surface area (Å²) >= 11 is -1.37. The molecule has 17 heavy (non-hydrogen) atoms. The molecule has 0 aliphatic carbocycles. The molecule has 2 nitrogen and oxygen atoms in total. The second-order valence-corrected chi connectivity index (χ2v) is 5.56. The van der Waals surface area contributed by atoms with Crippen molar-refractivity contribution >= 4 is 27.5 Å². The Bertz CT molecular complexity index is 398. The Labute approximate surface area is 107 Å². The van der Waals surface area contributed by atoms with Crippen LogP contribution in [0.5, 0.6) is 0 Å². The van der Waals surface area contributed by atoms with Gasteiger partial charge in [-0.15, -0.1) is 0 Å². The average molecular weight is 349 g/mol. The molecular weight excluding hydrogens is 340 g/mol. The number of rotatable bonds is 4. The maximum absolute atomic E-state index is 12.3. The number of carbonyl (C=O) groups is 1. The Morgan fingerprint density at radius 3 is 2.41 bits per heavy atom. The standard InChI is InChI=1S/C8H6F3.C3H4O2.Sn/c1-6-2-4-7(5-3-6)8(9,10)11;1-2-3(4)5;/h2-5H,1H2;2H,1H2,(H,4,5);/q;;+1/p-1. The molecular formula is C11H9F3O2Sn. The van der Waals surface area contributed by atoms with Gasteiger partial charge in [0.05, 0.1) is 0 Å². The third-order valence-corrected chi connectivity index (χ3v) is 4.46. The first-order chi connectivity index (χ1) is 7.93. The van der Waals surface area contributed by atoms with Crippen molar-refractivity contribution < 1.29 is 21.0 Å². The van der Waals surface area contributed by atoms with Crippen LogP contribution >= 0.6 is 0 Å². The van der Waals surface area contributed by atoms with Crippen molar-refractivity contribution in [1.29, 1.82) is 0 Å². The van der Waals surface area contributed by atoms with Crippen molar-refractivity contribution in [3.8, 4) is 0 Å². The van der Waals surface area contributed by atoms with Crippen molar-refractivity contribution in [2.45, 2.75) is 10.6 Å². The number of alkyl halides is 3. The van der Waals surface area contributed by atoms with E-state index in [1.165, 1.54) is 12.1 Å². The van der Waals surface area contributed by atoms with Crippen LogP contribution in [0, 0.1) is 0 Å². The van der Waals surface area contributed by atoms with E-state index in [9.17, 15) is 18.0 Å². The normalized spacial score (nSPS) is 11.0. The topological polar surface area (TPSA) is 26.3 Å². The van der Waals surface area contributed by atoms with Gasteiger partial charge in [0.15, 0.2) is 0 Å². The van der Waals surface area contributed by atoms with E-state index in [4.69, 9.17) is 3.07 Å². The second-order valence-electron chi connectivity index (χ2n) is 3.14. The second kappa shape index (κ2) is 6.09. The molecule has 2 radical (unpaired) electrons. The van der Waals surface area contributed by atoms with Crippen LogP contribution in [-0.2, 0) is 18.5 Å². The molecule has 0 amide bonds. The third-order valence-electron chi connectivity index (χ3n) is 1.90. The molecule has 0 aliphatic rings. The number of halogens is 3. The Balaban J connectivity index is 2.52. The van der Waals surface area contributed by atoms with Gasteiger partial charge in [-0.25, -0.2) is 0 Å². The molecule has 1 aromatic carbocycles. The van der Waals surface area contributed by atoms with Gasteiger partial charge in [-0.05, 0) is 0 Å². The fourth-order valence-corrected chi connectivity index (χ4v) is 3.04. The van der Waals surface area contributed by atoms with Crippen LogP contribution in [0.3, 0.4) is 0 Å². The van der Waals surface area contributed by atoms with Crippen LogP contribution in [-0.4, -0.2) is 27.5 Å². The van der Waals surface area contributed by atoms with E-state index in [1.54, 1.807) is 0 Å². The summed E-state index contributed by atoms with van der Waals surface area (Å²) in [5, 5.41) is 0. The van der Waals surface area contributed by atoms with Crippen LogP contribution in [0.25, 0.3) is 0 Å².